The second-order valence-electron chi connectivity index (χ2n) is 10.3. The van der Waals surface area contributed by atoms with Gasteiger partial charge in [-0.2, -0.15) is 4.31 Å². The highest BCUT2D eigenvalue weighted by molar-refractivity contribution is 7.89. The number of aromatic nitrogens is 1. The van der Waals surface area contributed by atoms with Crippen LogP contribution in [-0.2, 0) is 15.6 Å². The van der Waals surface area contributed by atoms with E-state index in [1.54, 1.807) is 4.31 Å². The third kappa shape index (κ3) is 3.81. The first-order valence-electron chi connectivity index (χ1n) is 12.5. The minimum atomic E-state index is -3.16. The number of rotatable bonds is 5. The average molecular weight is 481 g/mol. The zero-order valence-electron chi connectivity index (χ0n) is 19.7. The molecule has 8 heteroatoms. The van der Waals surface area contributed by atoms with Gasteiger partial charge < -0.3 is 9.80 Å². The van der Waals surface area contributed by atoms with Gasteiger partial charge in [0, 0.05) is 44.5 Å². The van der Waals surface area contributed by atoms with Crippen molar-refractivity contribution in [2.45, 2.75) is 50.5 Å². The largest absolute Gasteiger partial charge is 0.353 e. The highest BCUT2D eigenvalue weighted by Gasteiger charge is 2.55. The molecule has 2 aromatic rings. The number of hydrogen-bond donors (Lipinski definition) is 0. The number of benzene rings is 1. The van der Waals surface area contributed by atoms with Gasteiger partial charge in [0.05, 0.1) is 11.3 Å². The molecule has 0 atom stereocenters. The topological polar surface area (TPSA) is 73.8 Å². The fourth-order valence-corrected chi connectivity index (χ4v) is 7.65. The standard InChI is InChI=1S/C26H32N4O3S/c1-19-17-22(20-3-4-20)18-27-24(19)28-12-14-29(15-13-28)25(31)21-5-7-23(8-6-21)26(9-10-26)30-11-2-16-34(30,32)33/h5-8,17-18,20H,2-4,9-16H2,1H3. The third-order valence-corrected chi connectivity index (χ3v) is 9.96. The van der Waals surface area contributed by atoms with Gasteiger partial charge in [0.25, 0.3) is 5.91 Å². The minimum Gasteiger partial charge on any atom is -0.353 e. The van der Waals surface area contributed by atoms with Gasteiger partial charge in [-0.05, 0) is 73.8 Å². The van der Waals surface area contributed by atoms with Crippen LogP contribution < -0.4 is 4.90 Å². The molecule has 0 radical (unpaired) electrons. The lowest BCUT2D eigenvalue weighted by atomic mass is 10.0. The van der Waals surface area contributed by atoms with Crippen molar-refractivity contribution in [1.82, 2.24) is 14.2 Å². The van der Waals surface area contributed by atoms with Crippen LogP contribution in [0.25, 0.3) is 0 Å². The Balaban J connectivity index is 1.11. The summed E-state index contributed by atoms with van der Waals surface area (Å²) in [5.41, 5.74) is 3.86. The molecule has 3 heterocycles. The van der Waals surface area contributed by atoms with Crippen LogP contribution >= 0.6 is 0 Å². The molecule has 2 aliphatic heterocycles. The first-order chi connectivity index (χ1) is 16.4. The predicted octanol–water partition coefficient (Wildman–Crippen LogP) is 3.25. The average Bonchev–Trinajstić information content (AvgIpc) is 3.77. The fourth-order valence-electron chi connectivity index (χ4n) is 5.71. The number of anilines is 1. The van der Waals surface area contributed by atoms with Crippen molar-refractivity contribution in [2.24, 2.45) is 0 Å². The van der Waals surface area contributed by atoms with Crippen molar-refractivity contribution in [2.75, 3.05) is 43.4 Å². The second kappa shape index (κ2) is 8.05. The van der Waals surface area contributed by atoms with E-state index in [4.69, 9.17) is 4.98 Å². The highest BCUT2D eigenvalue weighted by atomic mass is 32.2. The van der Waals surface area contributed by atoms with E-state index in [0.717, 1.165) is 37.3 Å². The number of pyridine rings is 1. The summed E-state index contributed by atoms with van der Waals surface area (Å²) >= 11 is 0. The summed E-state index contributed by atoms with van der Waals surface area (Å²) in [7, 11) is -3.16. The number of sulfonamides is 1. The zero-order valence-corrected chi connectivity index (χ0v) is 20.6. The lowest BCUT2D eigenvalue weighted by molar-refractivity contribution is 0.0746. The Morgan fingerprint density at radius 2 is 1.74 bits per heavy atom. The molecule has 7 nitrogen and oxygen atoms in total. The molecule has 2 saturated carbocycles. The van der Waals surface area contributed by atoms with Crippen LogP contribution in [0.15, 0.2) is 36.5 Å². The van der Waals surface area contributed by atoms with E-state index in [1.807, 2.05) is 35.4 Å². The Labute approximate surface area is 201 Å². The zero-order chi connectivity index (χ0) is 23.5. The molecule has 2 saturated heterocycles. The fraction of sp³-hybridized carbons (Fsp3) is 0.538. The summed E-state index contributed by atoms with van der Waals surface area (Å²) in [6, 6.07) is 9.93. The van der Waals surface area contributed by atoms with Gasteiger partial charge >= 0.3 is 0 Å². The molecular formula is C26H32N4O3S. The Hall–Kier alpha value is -2.45. The molecular weight excluding hydrogens is 448 g/mol. The summed E-state index contributed by atoms with van der Waals surface area (Å²) in [5, 5.41) is 0. The van der Waals surface area contributed by atoms with Gasteiger partial charge in [0.1, 0.15) is 5.82 Å². The van der Waals surface area contributed by atoms with Crippen molar-refractivity contribution >= 4 is 21.7 Å². The van der Waals surface area contributed by atoms with Crippen molar-refractivity contribution in [3.63, 3.8) is 0 Å². The number of carbonyl (C=O) groups excluding carboxylic acids is 1. The summed E-state index contributed by atoms with van der Waals surface area (Å²) in [4.78, 5) is 22.1. The van der Waals surface area contributed by atoms with E-state index in [2.05, 4.69) is 17.9 Å². The van der Waals surface area contributed by atoms with Crippen molar-refractivity contribution < 1.29 is 13.2 Å². The smallest absolute Gasteiger partial charge is 0.253 e. The summed E-state index contributed by atoms with van der Waals surface area (Å²) in [6.45, 7) is 5.62. The van der Waals surface area contributed by atoms with Crippen molar-refractivity contribution in [3.05, 3.63) is 58.8 Å². The first-order valence-corrected chi connectivity index (χ1v) is 14.1. The van der Waals surface area contributed by atoms with Gasteiger partial charge in [-0.15, -0.1) is 0 Å². The van der Waals surface area contributed by atoms with Gasteiger partial charge in [-0.1, -0.05) is 18.2 Å². The maximum atomic E-state index is 13.2. The van der Waals surface area contributed by atoms with Crippen LogP contribution in [0.3, 0.4) is 0 Å². The summed E-state index contributed by atoms with van der Waals surface area (Å²) in [5.74, 6) is 2.03. The Bertz CT molecular complexity index is 1210. The molecule has 6 rings (SSSR count). The summed E-state index contributed by atoms with van der Waals surface area (Å²) in [6.07, 6.45) is 7.00. The van der Waals surface area contributed by atoms with Crippen molar-refractivity contribution in [1.29, 1.82) is 0 Å². The number of aryl methyl sites for hydroxylation is 1. The number of piperazine rings is 1. The van der Waals surface area contributed by atoms with Crippen LogP contribution in [0.1, 0.15) is 65.1 Å². The molecule has 0 N–H and O–H groups in total. The molecule has 1 aromatic heterocycles. The van der Waals surface area contributed by atoms with E-state index in [1.165, 1.54) is 24.0 Å². The molecule has 180 valence electrons. The van der Waals surface area contributed by atoms with E-state index < -0.39 is 10.0 Å². The molecule has 34 heavy (non-hydrogen) atoms. The molecule has 4 fully saturated rings. The lowest BCUT2D eigenvalue weighted by Crippen LogP contribution is -2.49. The van der Waals surface area contributed by atoms with Crippen LogP contribution in [0.4, 0.5) is 5.82 Å². The first kappa shape index (κ1) is 22.0. The monoisotopic (exact) mass is 480 g/mol. The SMILES string of the molecule is Cc1cc(C2CC2)cnc1N1CCN(C(=O)c2ccc(C3(N4CCCS4(=O)=O)CC3)cc2)CC1. The Morgan fingerprint density at radius 1 is 1.03 bits per heavy atom. The molecule has 0 unspecified atom stereocenters. The second-order valence-corrected chi connectivity index (χ2v) is 12.3. The Morgan fingerprint density at radius 3 is 2.29 bits per heavy atom. The summed E-state index contributed by atoms with van der Waals surface area (Å²) < 4.78 is 26.6. The van der Waals surface area contributed by atoms with E-state index in [0.29, 0.717) is 37.5 Å². The van der Waals surface area contributed by atoms with Gasteiger partial charge in [-0.25, -0.2) is 13.4 Å². The highest BCUT2D eigenvalue weighted by Crippen LogP contribution is 2.53. The molecule has 0 spiro atoms. The van der Waals surface area contributed by atoms with Crippen LogP contribution in [0.2, 0.25) is 0 Å². The number of hydrogen-bond acceptors (Lipinski definition) is 5. The maximum Gasteiger partial charge on any atom is 0.253 e. The van der Waals surface area contributed by atoms with Crippen molar-refractivity contribution in [3.8, 4) is 0 Å². The predicted molar refractivity (Wildman–Crippen MR) is 132 cm³/mol. The minimum absolute atomic E-state index is 0.0404. The van der Waals surface area contributed by atoms with Crippen LogP contribution in [-0.4, -0.2) is 67.0 Å². The van der Waals surface area contributed by atoms with Crippen LogP contribution in [0.5, 0.6) is 0 Å². The van der Waals surface area contributed by atoms with Gasteiger partial charge in [0.15, 0.2) is 0 Å². The van der Waals surface area contributed by atoms with Gasteiger partial charge in [-0.3, -0.25) is 4.79 Å². The van der Waals surface area contributed by atoms with Crippen LogP contribution in [0, 0.1) is 6.92 Å². The van der Waals surface area contributed by atoms with E-state index >= 15 is 0 Å². The Kier molecular flexibility index (Phi) is 5.22. The number of carbonyl (C=O) groups is 1. The normalized spacial score (nSPS) is 23.8. The molecule has 1 amide bonds. The lowest BCUT2D eigenvalue weighted by Gasteiger charge is -2.36. The van der Waals surface area contributed by atoms with Gasteiger partial charge in [0.2, 0.25) is 10.0 Å². The van der Waals surface area contributed by atoms with E-state index in [9.17, 15) is 13.2 Å². The molecule has 1 aromatic carbocycles. The molecule has 4 aliphatic rings. The molecule has 0 bridgehead atoms. The molecule has 2 aliphatic carbocycles. The maximum absolute atomic E-state index is 13.2. The quantitative estimate of drug-likeness (QED) is 0.657. The van der Waals surface area contributed by atoms with E-state index in [-0.39, 0.29) is 17.2 Å². The third-order valence-electron chi connectivity index (χ3n) is 7.96. The number of nitrogens with zero attached hydrogens (tertiary/aromatic N) is 4. The number of amides is 1.